The van der Waals surface area contributed by atoms with Gasteiger partial charge in [-0.05, 0) is 44.7 Å². The van der Waals surface area contributed by atoms with Crippen LogP contribution in [0.25, 0.3) is 0 Å². The Morgan fingerprint density at radius 3 is 2.46 bits per heavy atom. The highest BCUT2D eigenvalue weighted by Gasteiger charge is 2.29. The molecule has 1 atom stereocenters. The van der Waals surface area contributed by atoms with Gasteiger partial charge in [0, 0.05) is 37.7 Å². The van der Waals surface area contributed by atoms with Crippen LogP contribution in [-0.4, -0.2) is 42.3 Å². The van der Waals surface area contributed by atoms with E-state index < -0.39 is 6.30 Å². The van der Waals surface area contributed by atoms with Crippen LogP contribution < -0.4 is 15.5 Å². The van der Waals surface area contributed by atoms with Crippen LogP contribution in [0.15, 0.2) is 36.4 Å². The van der Waals surface area contributed by atoms with Crippen molar-refractivity contribution in [3.63, 3.8) is 0 Å². The second kappa shape index (κ2) is 8.99. The Bertz CT molecular complexity index is 791. The van der Waals surface area contributed by atoms with Crippen LogP contribution in [0.2, 0.25) is 0 Å². The number of benzene rings is 1. The lowest BCUT2D eigenvalue weighted by molar-refractivity contribution is 0.0804. The van der Waals surface area contributed by atoms with Crippen LogP contribution in [0.4, 0.5) is 16.0 Å². The smallest absolute Gasteiger partial charge is 0.253 e. The maximum absolute atomic E-state index is 14.6. The normalized spacial score (nSPS) is 20.3. The number of hydrogen-bond donors (Lipinski definition) is 2. The number of amides is 1. The van der Waals surface area contributed by atoms with Gasteiger partial charge in [0.2, 0.25) is 0 Å². The third-order valence-electron chi connectivity index (χ3n) is 5.13. The van der Waals surface area contributed by atoms with Crippen LogP contribution in [0.1, 0.15) is 41.9 Å². The summed E-state index contributed by atoms with van der Waals surface area (Å²) in [6, 6.07) is 10.9. The fourth-order valence-corrected chi connectivity index (χ4v) is 3.54. The van der Waals surface area contributed by atoms with Gasteiger partial charge in [0.25, 0.3) is 5.91 Å². The van der Waals surface area contributed by atoms with E-state index in [0.29, 0.717) is 5.56 Å². The molecule has 1 aliphatic rings. The van der Waals surface area contributed by atoms with Gasteiger partial charge in [-0.2, -0.15) is 0 Å². The number of aromatic nitrogens is 2. The highest BCUT2D eigenvalue weighted by Crippen LogP contribution is 2.29. The van der Waals surface area contributed by atoms with Crippen LogP contribution in [-0.2, 0) is 0 Å². The molecule has 1 aromatic heterocycles. The Morgan fingerprint density at radius 1 is 1.14 bits per heavy atom. The number of carbonyl (C=O) groups excluding carboxylic acids is 1. The molecule has 1 unspecified atom stereocenters. The van der Waals surface area contributed by atoms with E-state index in [4.69, 9.17) is 0 Å². The van der Waals surface area contributed by atoms with E-state index in [0.717, 1.165) is 43.1 Å². The van der Waals surface area contributed by atoms with Crippen molar-refractivity contribution in [2.45, 2.75) is 44.9 Å². The second-order valence-electron chi connectivity index (χ2n) is 7.55. The van der Waals surface area contributed by atoms with Crippen molar-refractivity contribution in [3.8, 4) is 0 Å². The van der Waals surface area contributed by atoms with Crippen LogP contribution in [0, 0.1) is 12.8 Å². The van der Waals surface area contributed by atoms with Crippen molar-refractivity contribution >= 4 is 17.5 Å². The molecule has 1 fully saturated rings. The molecule has 2 N–H and O–H groups in total. The van der Waals surface area contributed by atoms with Gasteiger partial charge in [-0.15, -0.1) is 0 Å². The lowest BCUT2D eigenvalue weighted by Gasteiger charge is -2.31. The second-order valence-corrected chi connectivity index (χ2v) is 7.55. The molecule has 1 saturated carbocycles. The SMILES string of the molecule is Cc1nc(NC2CCC(C(F)NC(=O)c3ccccc3)CC2)cc(N(C)C)n1. The minimum Gasteiger partial charge on any atom is -0.367 e. The zero-order valence-electron chi connectivity index (χ0n) is 16.7. The molecule has 7 heteroatoms. The van der Waals surface area contributed by atoms with Gasteiger partial charge < -0.3 is 15.5 Å². The molecule has 3 rings (SSSR count). The van der Waals surface area contributed by atoms with Gasteiger partial charge in [-0.3, -0.25) is 4.79 Å². The minimum absolute atomic E-state index is 0.157. The first-order valence-corrected chi connectivity index (χ1v) is 9.72. The fourth-order valence-electron chi connectivity index (χ4n) is 3.54. The van der Waals surface area contributed by atoms with E-state index in [1.165, 1.54) is 0 Å². The van der Waals surface area contributed by atoms with E-state index in [1.54, 1.807) is 24.3 Å². The average molecular weight is 385 g/mol. The molecule has 1 amide bonds. The van der Waals surface area contributed by atoms with Crippen LogP contribution in [0.3, 0.4) is 0 Å². The van der Waals surface area contributed by atoms with Gasteiger partial charge >= 0.3 is 0 Å². The van der Waals surface area contributed by atoms with Gasteiger partial charge in [0.05, 0.1) is 0 Å². The van der Waals surface area contributed by atoms with Gasteiger partial charge in [-0.25, -0.2) is 14.4 Å². The fraction of sp³-hybridized carbons (Fsp3) is 0.476. The topological polar surface area (TPSA) is 70.2 Å². The van der Waals surface area contributed by atoms with Gasteiger partial charge in [0.1, 0.15) is 17.5 Å². The molecular weight excluding hydrogens is 357 g/mol. The molecule has 150 valence electrons. The largest absolute Gasteiger partial charge is 0.367 e. The van der Waals surface area contributed by atoms with Crippen molar-refractivity contribution in [2.24, 2.45) is 5.92 Å². The number of nitrogens with zero attached hydrogens (tertiary/aromatic N) is 3. The third kappa shape index (κ3) is 5.18. The molecule has 0 bridgehead atoms. The molecule has 2 aromatic rings. The summed E-state index contributed by atoms with van der Waals surface area (Å²) in [5.74, 6) is 1.86. The number of hydrogen-bond acceptors (Lipinski definition) is 5. The maximum Gasteiger partial charge on any atom is 0.253 e. The predicted octanol–water partition coefficient (Wildman–Crippen LogP) is 3.55. The number of rotatable bonds is 6. The first-order chi connectivity index (χ1) is 13.4. The maximum atomic E-state index is 14.6. The van der Waals surface area contributed by atoms with E-state index in [-0.39, 0.29) is 17.9 Å². The average Bonchev–Trinajstić information content (AvgIpc) is 2.68. The summed E-state index contributed by atoms with van der Waals surface area (Å²) in [7, 11) is 3.89. The van der Waals surface area contributed by atoms with Crippen molar-refractivity contribution in [3.05, 3.63) is 47.8 Å². The van der Waals surface area contributed by atoms with Gasteiger partial charge in [0.15, 0.2) is 6.30 Å². The number of anilines is 2. The van der Waals surface area contributed by atoms with Crippen molar-refractivity contribution in [1.82, 2.24) is 15.3 Å². The zero-order valence-corrected chi connectivity index (χ0v) is 16.7. The summed E-state index contributed by atoms with van der Waals surface area (Å²) in [4.78, 5) is 22.9. The third-order valence-corrected chi connectivity index (χ3v) is 5.13. The highest BCUT2D eigenvalue weighted by molar-refractivity contribution is 5.94. The molecule has 6 nitrogen and oxygen atoms in total. The molecular formula is C21H28FN5O. The van der Waals surface area contributed by atoms with E-state index in [2.05, 4.69) is 20.6 Å². The summed E-state index contributed by atoms with van der Waals surface area (Å²) in [6.07, 6.45) is 1.80. The zero-order chi connectivity index (χ0) is 20.1. The Kier molecular flexibility index (Phi) is 6.44. The Labute approximate surface area is 165 Å². The van der Waals surface area contributed by atoms with E-state index in [9.17, 15) is 9.18 Å². The molecule has 1 heterocycles. The van der Waals surface area contributed by atoms with Crippen LogP contribution >= 0.6 is 0 Å². The highest BCUT2D eigenvalue weighted by atomic mass is 19.1. The first-order valence-electron chi connectivity index (χ1n) is 9.72. The van der Waals surface area contributed by atoms with E-state index >= 15 is 0 Å². The predicted molar refractivity (Wildman–Crippen MR) is 109 cm³/mol. The summed E-state index contributed by atoms with van der Waals surface area (Å²) < 4.78 is 14.6. The molecule has 1 aromatic carbocycles. The van der Waals surface area contributed by atoms with Crippen molar-refractivity contribution in [2.75, 3.05) is 24.3 Å². The number of halogens is 1. The minimum atomic E-state index is -1.32. The molecule has 28 heavy (non-hydrogen) atoms. The number of carbonyl (C=O) groups is 1. The monoisotopic (exact) mass is 385 g/mol. The molecule has 0 saturated heterocycles. The number of aryl methyl sites for hydroxylation is 1. The lowest BCUT2D eigenvalue weighted by Crippen LogP contribution is -2.40. The van der Waals surface area contributed by atoms with Crippen LogP contribution in [0.5, 0.6) is 0 Å². The molecule has 0 spiro atoms. The van der Waals surface area contributed by atoms with Gasteiger partial charge in [-0.1, -0.05) is 18.2 Å². The summed E-state index contributed by atoms with van der Waals surface area (Å²) in [5, 5.41) is 5.96. The van der Waals surface area contributed by atoms with E-state index in [1.807, 2.05) is 38.1 Å². The quantitative estimate of drug-likeness (QED) is 0.744. The number of nitrogens with one attached hydrogen (secondary N) is 2. The summed E-state index contributed by atoms with van der Waals surface area (Å²) in [5.41, 5.74) is 0.483. The Morgan fingerprint density at radius 2 is 1.82 bits per heavy atom. The Balaban J connectivity index is 1.51. The summed E-state index contributed by atoms with van der Waals surface area (Å²) >= 11 is 0. The van der Waals surface area contributed by atoms with Crippen molar-refractivity contribution in [1.29, 1.82) is 0 Å². The lowest BCUT2D eigenvalue weighted by atomic mass is 9.85. The molecule has 0 radical (unpaired) electrons. The first kappa shape index (κ1) is 20.0. The molecule has 0 aliphatic heterocycles. The molecule has 1 aliphatic carbocycles. The summed E-state index contributed by atoms with van der Waals surface area (Å²) in [6.45, 7) is 1.87. The number of alkyl halides is 1. The standard InChI is InChI=1S/C21H28FN5O/c1-14-23-18(13-19(24-14)27(2)3)25-17-11-9-15(10-12-17)20(22)26-21(28)16-7-5-4-6-8-16/h4-8,13,15,17,20H,9-12H2,1-3H3,(H,26,28)(H,23,24,25). The van der Waals surface area contributed by atoms with Crippen molar-refractivity contribution < 1.29 is 9.18 Å². The Hall–Kier alpha value is -2.70.